The van der Waals surface area contributed by atoms with Crippen molar-refractivity contribution in [1.29, 1.82) is 0 Å². The fourth-order valence-electron chi connectivity index (χ4n) is 3.10. The molecule has 1 saturated heterocycles. The number of carbonyl (C=O) groups is 2. The van der Waals surface area contributed by atoms with Crippen LogP contribution in [-0.4, -0.2) is 24.1 Å². The minimum Gasteiger partial charge on any atom is -0.458 e. The van der Waals surface area contributed by atoms with Crippen LogP contribution < -0.4 is 0 Å². The quantitative estimate of drug-likeness (QED) is 0.280. The van der Waals surface area contributed by atoms with Crippen LogP contribution in [0.25, 0.3) is 0 Å². The molecule has 0 aromatic heterocycles. The van der Waals surface area contributed by atoms with Gasteiger partial charge in [-0.15, -0.1) is 0 Å². The number of hydrogen-bond acceptors (Lipinski definition) is 4. The summed E-state index contributed by atoms with van der Waals surface area (Å²) in [5.41, 5.74) is 0. The number of allylic oxidation sites excluding steroid dienone is 10. The maximum atomic E-state index is 11.9. The first-order valence-electron chi connectivity index (χ1n) is 10.7. The van der Waals surface area contributed by atoms with E-state index >= 15 is 0 Å². The molecule has 0 saturated carbocycles. The van der Waals surface area contributed by atoms with E-state index in [0.29, 0.717) is 6.42 Å². The van der Waals surface area contributed by atoms with Gasteiger partial charge in [-0.1, -0.05) is 67.7 Å². The monoisotopic (exact) mass is 400 g/mol. The van der Waals surface area contributed by atoms with Gasteiger partial charge in [0.25, 0.3) is 0 Å². The fraction of sp³-hybridized carbons (Fsp3) is 0.520. The third kappa shape index (κ3) is 11.3. The Balaban J connectivity index is 2.15. The molecule has 4 nitrogen and oxygen atoms in total. The summed E-state index contributed by atoms with van der Waals surface area (Å²) in [5.74, 6) is -1.01. The van der Waals surface area contributed by atoms with E-state index in [1.54, 1.807) is 6.92 Å². The van der Waals surface area contributed by atoms with Gasteiger partial charge in [-0.25, -0.2) is 0 Å². The third-order valence-electron chi connectivity index (χ3n) is 4.57. The van der Waals surface area contributed by atoms with Gasteiger partial charge < -0.3 is 9.47 Å². The van der Waals surface area contributed by atoms with Gasteiger partial charge in [-0.3, -0.25) is 9.59 Å². The standard InChI is InChI=1S/C25H36O4/c1-4-5-6-7-8-9-10-11-12-13-14-15-16-17-18-19-20-23-24(29-22(3)26)21(2)28-25(23)27/h5-6,8-9,11-12,14-15,17-18,21,23-24H,4,7,10,13,16,19-20H2,1-3H3. The minimum absolute atomic E-state index is 0.267. The normalized spacial score (nSPS) is 22.7. The summed E-state index contributed by atoms with van der Waals surface area (Å²) < 4.78 is 10.5. The van der Waals surface area contributed by atoms with Crippen molar-refractivity contribution in [3.63, 3.8) is 0 Å². The lowest BCUT2D eigenvalue weighted by Crippen LogP contribution is -2.30. The fourth-order valence-corrected chi connectivity index (χ4v) is 3.10. The largest absolute Gasteiger partial charge is 0.458 e. The number of rotatable bonds is 13. The Labute approximate surface area is 176 Å². The number of esters is 2. The summed E-state index contributed by atoms with van der Waals surface area (Å²) in [6.45, 7) is 5.27. The Morgan fingerprint density at radius 2 is 1.38 bits per heavy atom. The highest BCUT2D eigenvalue weighted by Crippen LogP contribution is 2.28. The van der Waals surface area contributed by atoms with Crippen molar-refractivity contribution < 1.29 is 19.1 Å². The zero-order valence-corrected chi connectivity index (χ0v) is 18.1. The first-order chi connectivity index (χ1) is 14.1. The van der Waals surface area contributed by atoms with Crippen LogP contribution in [0.3, 0.4) is 0 Å². The number of ether oxygens (including phenoxy) is 2. The van der Waals surface area contributed by atoms with Gasteiger partial charge in [0, 0.05) is 6.92 Å². The summed E-state index contributed by atoms with van der Waals surface area (Å²) in [5, 5.41) is 0. The summed E-state index contributed by atoms with van der Waals surface area (Å²) in [7, 11) is 0. The molecule has 29 heavy (non-hydrogen) atoms. The van der Waals surface area contributed by atoms with Crippen molar-refractivity contribution in [3.8, 4) is 0 Å². The molecule has 0 aliphatic carbocycles. The van der Waals surface area contributed by atoms with E-state index in [4.69, 9.17) is 9.47 Å². The average molecular weight is 401 g/mol. The van der Waals surface area contributed by atoms with E-state index in [2.05, 4.69) is 67.7 Å². The predicted molar refractivity (Wildman–Crippen MR) is 118 cm³/mol. The topological polar surface area (TPSA) is 52.6 Å². The minimum atomic E-state index is -0.470. The molecule has 1 heterocycles. The molecule has 1 fully saturated rings. The van der Waals surface area contributed by atoms with Gasteiger partial charge in [0.1, 0.15) is 6.10 Å². The molecule has 160 valence electrons. The zero-order chi connectivity index (χ0) is 21.3. The van der Waals surface area contributed by atoms with E-state index in [0.717, 1.165) is 38.5 Å². The molecular formula is C25H36O4. The molecule has 0 amide bonds. The van der Waals surface area contributed by atoms with Crippen molar-refractivity contribution in [2.24, 2.45) is 5.92 Å². The van der Waals surface area contributed by atoms with Crippen molar-refractivity contribution >= 4 is 11.9 Å². The maximum Gasteiger partial charge on any atom is 0.313 e. The van der Waals surface area contributed by atoms with Gasteiger partial charge >= 0.3 is 11.9 Å². The van der Waals surface area contributed by atoms with Crippen LogP contribution in [0, 0.1) is 5.92 Å². The molecule has 1 aliphatic heterocycles. The Hall–Kier alpha value is -2.36. The lowest BCUT2D eigenvalue weighted by atomic mass is 9.96. The zero-order valence-electron chi connectivity index (χ0n) is 18.1. The van der Waals surface area contributed by atoms with E-state index in [1.165, 1.54) is 6.92 Å². The van der Waals surface area contributed by atoms with Crippen molar-refractivity contribution in [3.05, 3.63) is 60.8 Å². The molecule has 0 spiro atoms. The van der Waals surface area contributed by atoms with Crippen LogP contribution in [-0.2, 0) is 19.1 Å². The molecule has 1 rings (SSSR count). The van der Waals surface area contributed by atoms with Crippen LogP contribution in [0.15, 0.2) is 60.8 Å². The summed E-state index contributed by atoms with van der Waals surface area (Å²) in [6.07, 6.45) is 27.0. The molecule has 0 bridgehead atoms. The van der Waals surface area contributed by atoms with E-state index < -0.39 is 6.10 Å². The second-order valence-corrected chi connectivity index (χ2v) is 7.11. The van der Waals surface area contributed by atoms with Gasteiger partial charge in [-0.2, -0.15) is 0 Å². The Morgan fingerprint density at radius 1 is 0.897 bits per heavy atom. The molecule has 3 unspecified atom stereocenters. The van der Waals surface area contributed by atoms with Gasteiger partial charge in [0.2, 0.25) is 0 Å². The molecular weight excluding hydrogens is 364 g/mol. The van der Waals surface area contributed by atoms with Gasteiger partial charge in [0.15, 0.2) is 6.10 Å². The maximum absolute atomic E-state index is 11.9. The number of carbonyl (C=O) groups excluding carboxylic acids is 2. The van der Waals surface area contributed by atoms with Gasteiger partial charge in [0.05, 0.1) is 5.92 Å². The third-order valence-corrected chi connectivity index (χ3v) is 4.57. The molecule has 0 N–H and O–H groups in total. The smallest absolute Gasteiger partial charge is 0.313 e. The molecule has 0 aromatic rings. The SMILES string of the molecule is CCC=CCC=CCC=CCC=CCC=CCCC1C(=O)OC(C)C1OC(C)=O. The predicted octanol–water partition coefficient (Wildman–Crippen LogP) is 6.01. The highest BCUT2D eigenvalue weighted by atomic mass is 16.6. The van der Waals surface area contributed by atoms with Crippen LogP contribution in [0.4, 0.5) is 0 Å². The second-order valence-electron chi connectivity index (χ2n) is 7.11. The van der Waals surface area contributed by atoms with Crippen LogP contribution >= 0.6 is 0 Å². The van der Waals surface area contributed by atoms with Crippen LogP contribution in [0.1, 0.15) is 65.7 Å². The highest BCUT2D eigenvalue weighted by molar-refractivity contribution is 5.77. The molecule has 3 atom stereocenters. The molecule has 4 heteroatoms. The van der Waals surface area contributed by atoms with Crippen molar-refractivity contribution in [2.75, 3.05) is 0 Å². The Kier molecular flexibility index (Phi) is 13.2. The average Bonchev–Trinajstić information content (AvgIpc) is 2.94. The number of hydrogen-bond donors (Lipinski definition) is 0. The van der Waals surface area contributed by atoms with E-state index in [1.807, 2.05) is 0 Å². The second kappa shape index (κ2) is 15.5. The Bertz CT molecular complexity index is 625. The first-order valence-corrected chi connectivity index (χ1v) is 10.7. The lowest BCUT2D eigenvalue weighted by Gasteiger charge is -2.17. The summed E-state index contributed by atoms with van der Waals surface area (Å²) in [4.78, 5) is 23.1. The summed E-state index contributed by atoms with van der Waals surface area (Å²) in [6, 6.07) is 0. The van der Waals surface area contributed by atoms with E-state index in [-0.39, 0.29) is 24.0 Å². The number of cyclic esters (lactones) is 1. The Morgan fingerprint density at radius 3 is 1.86 bits per heavy atom. The molecule has 0 aromatic carbocycles. The lowest BCUT2D eigenvalue weighted by molar-refractivity contribution is -0.150. The first kappa shape index (κ1) is 24.7. The molecule has 0 radical (unpaired) electrons. The highest BCUT2D eigenvalue weighted by Gasteiger charge is 2.43. The van der Waals surface area contributed by atoms with Crippen LogP contribution in [0.5, 0.6) is 0 Å². The molecule has 1 aliphatic rings. The van der Waals surface area contributed by atoms with Crippen molar-refractivity contribution in [1.82, 2.24) is 0 Å². The summed E-state index contributed by atoms with van der Waals surface area (Å²) >= 11 is 0. The van der Waals surface area contributed by atoms with Crippen molar-refractivity contribution in [2.45, 2.75) is 77.9 Å². The van der Waals surface area contributed by atoms with Gasteiger partial charge in [-0.05, 0) is 51.9 Å². The van der Waals surface area contributed by atoms with E-state index in [9.17, 15) is 9.59 Å². The van der Waals surface area contributed by atoms with Crippen LogP contribution in [0.2, 0.25) is 0 Å².